The second-order valence-electron chi connectivity index (χ2n) is 12.4. The minimum atomic E-state index is -4.81. The minimum absolute atomic E-state index is 0.00273. The van der Waals surface area contributed by atoms with Crippen molar-refractivity contribution in [1.29, 1.82) is 5.26 Å². The van der Waals surface area contributed by atoms with E-state index in [-0.39, 0.29) is 65.5 Å². The van der Waals surface area contributed by atoms with Crippen LogP contribution in [0.4, 0.5) is 36.8 Å². The van der Waals surface area contributed by atoms with Gasteiger partial charge in [0.1, 0.15) is 24.7 Å². The Bertz CT molecular complexity index is 1810. The Morgan fingerprint density at radius 2 is 1.78 bits per heavy atom. The van der Waals surface area contributed by atoms with E-state index in [0.717, 1.165) is 35.4 Å². The minimum Gasteiger partial charge on any atom is -0.488 e. The fourth-order valence-corrected chi connectivity index (χ4v) is 5.40. The highest BCUT2D eigenvalue weighted by Crippen LogP contribution is 2.47. The van der Waals surface area contributed by atoms with Crippen LogP contribution in [0.2, 0.25) is 0 Å². The van der Waals surface area contributed by atoms with Gasteiger partial charge in [0.2, 0.25) is 0 Å². The average molecular weight is 710 g/mol. The molecule has 1 aliphatic rings. The molecule has 2 atom stereocenters. The number of carboxylic acids is 1. The van der Waals surface area contributed by atoms with Crippen LogP contribution in [0.1, 0.15) is 78.9 Å². The molecule has 0 radical (unpaired) electrons. The lowest BCUT2D eigenvalue weighted by Crippen LogP contribution is -2.62. The normalized spacial score (nSPS) is 17.9. The van der Waals surface area contributed by atoms with E-state index >= 15 is 0 Å². The van der Waals surface area contributed by atoms with Gasteiger partial charge in [-0.2, -0.15) is 31.6 Å². The summed E-state index contributed by atoms with van der Waals surface area (Å²) in [6, 6.07) is 7.00. The maximum absolute atomic E-state index is 14.0. The molecular weight excluding hydrogens is 676 g/mol. The topological polar surface area (TPSA) is 172 Å². The van der Waals surface area contributed by atoms with E-state index in [2.05, 4.69) is 9.97 Å². The summed E-state index contributed by atoms with van der Waals surface area (Å²) in [5.74, 6) is -2.52. The predicted molar refractivity (Wildman–Crippen MR) is 164 cm³/mol. The summed E-state index contributed by atoms with van der Waals surface area (Å²) in [5, 5.41) is 28.1. The second-order valence-corrected chi connectivity index (χ2v) is 12.4. The summed E-state index contributed by atoms with van der Waals surface area (Å²) in [4.78, 5) is 34.9. The van der Waals surface area contributed by atoms with Gasteiger partial charge in [0, 0.05) is 12.3 Å². The van der Waals surface area contributed by atoms with Crippen LogP contribution in [-0.2, 0) is 28.3 Å². The van der Waals surface area contributed by atoms with Gasteiger partial charge in [-0.1, -0.05) is 6.92 Å². The highest BCUT2D eigenvalue weighted by molar-refractivity contribution is 5.92. The van der Waals surface area contributed by atoms with Crippen molar-refractivity contribution in [2.75, 3.05) is 24.7 Å². The van der Waals surface area contributed by atoms with Gasteiger partial charge in [-0.25, -0.2) is 14.8 Å². The quantitative estimate of drug-likeness (QED) is 0.212. The number of aromatic nitrogens is 2. The van der Waals surface area contributed by atoms with Crippen LogP contribution in [0.15, 0.2) is 42.6 Å². The monoisotopic (exact) mass is 709 g/mol. The van der Waals surface area contributed by atoms with E-state index < -0.39 is 65.8 Å². The molecule has 3 aromatic rings. The molecule has 4 rings (SSSR count). The number of benzene rings is 2. The molecule has 2 aromatic carbocycles. The number of aliphatic carboxylic acids is 1. The number of hydrogen-bond donors (Lipinski definition) is 3. The molecule has 0 aliphatic carbocycles. The van der Waals surface area contributed by atoms with Crippen molar-refractivity contribution < 1.29 is 55.6 Å². The highest BCUT2D eigenvalue weighted by atomic mass is 19.4. The van der Waals surface area contributed by atoms with Gasteiger partial charge in [0.15, 0.2) is 5.75 Å². The molecule has 2 heterocycles. The van der Waals surface area contributed by atoms with Crippen molar-refractivity contribution in [2.24, 2.45) is 11.1 Å². The summed E-state index contributed by atoms with van der Waals surface area (Å²) < 4.78 is 93.7. The first-order valence-corrected chi connectivity index (χ1v) is 15.1. The van der Waals surface area contributed by atoms with Crippen LogP contribution in [-0.4, -0.2) is 57.7 Å². The first-order valence-electron chi connectivity index (χ1n) is 15.1. The van der Waals surface area contributed by atoms with Gasteiger partial charge in [-0.05, 0) is 74.2 Å². The lowest BCUT2D eigenvalue weighted by Gasteiger charge is -2.47. The SMILES string of the molecule is CC[C@]1(N)C[C@H](c2ncc(OCCO)c(Cc3cc(C#N)cc(C(F)(F)F)c3)n2)c2cc(C(F)(F)F)ccc2N1C(=O)OCC(C)(C)C(=O)O. The molecule has 1 aromatic heterocycles. The Hall–Kier alpha value is -4.95. The molecule has 17 heteroatoms. The third-order valence-corrected chi connectivity index (χ3v) is 8.23. The Morgan fingerprint density at radius 3 is 2.36 bits per heavy atom. The number of aliphatic hydroxyl groups excluding tert-OH is 1. The zero-order valence-corrected chi connectivity index (χ0v) is 27.0. The van der Waals surface area contributed by atoms with Crippen molar-refractivity contribution in [3.8, 4) is 11.8 Å². The third kappa shape index (κ3) is 8.08. The maximum Gasteiger partial charge on any atom is 0.416 e. The lowest BCUT2D eigenvalue weighted by molar-refractivity contribution is -0.149. The van der Waals surface area contributed by atoms with E-state index in [4.69, 9.17) is 15.2 Å². The fourth-order valence-electron chi connectivity index (χ4n) is 5.40. The number of rotatable bonds is 10. The molecular formula is C33H33F6N5O6. The number of hydrogen-bond acceptors (Lipinski definition) is 9. The number of alkyl halides is 6. The number of anilines is 1. The van der Waals surface area contributed by atoms with Crippen molar-refractivity contribution in [1.82, 2.24) is 9.97 Å². The Labute approximate surface area is 282 Å². The molecule has 1 aliphatic heterocycles. The number of nitrogens with two attached hydrogens (primary N) is 1. The summed E-state index contributed by atoms with van der Waals surface area (Å²) in [5.41, 5.74) is 1.04. The van der Waals surface area contributed by atoms with Gasteiger partial charge in [0.25, 0.3) is 0 Å². The van der Waals surface area contributed by atoms with Crippen molar-refractivity contribution >= 4 is 17.7 Å². The van der Waals surface area contributed by atoms with E-state index in [1.54, 1.807) is 13.0 Å². The van der Waals surface area contributed by atoms with Gasteiger partial charge < -0.3 is 25.4 Å². The summed E-state index contributed by atoms with van der Waals surface area (Å²) >= 11 is 0. The van der Waals surface area contributed by atoms with Gasteiger partial charge in [-0.3, -0.25) is 9.69 Å². The van der Waals surface area contributed by atoms with E-state index in [0.29, 0.717) is 6.07 Å². The number of ether oxygens (including phenoxy) is 2. The van der Waals surface area contributed by atoms with Crippen LogP contribution in [0.25, 0.3) is 0 Å². The third-order valence-electron chi connectivity index (χ3n) is 8.23. The number of nitrogens with zero attached hydrogens (tertiary/aromatic N) is 4. The summed E-state index contributed by atoms with van der Waals surface area (Å²) in [6.07, 6.45) is -10.1. The Kier molecular flexibility index (Phi) is 10.7. The number of carbonyl (C=O) groups is 2. The van der Waals surface area contributed by atoms with Crippen molar-refractivity contribution in [2.45, 2.75) is 64.0 Å². The first kappa shape index (κ1) is 37.9. The molecule has 0 bridgehead atoms. The number of halogens is 6. The molecule has 0 unspecified atom stereocenters. The molecule has 50 heavy (non-hydrogen) atoms. The molecule has 0 spiro atoms. The van der Waals surface area contributed by atoms with E-state index in [9.17, 15) is 51.4 Å². The van der Waals surface area contributed by atoms with Crippen LogP contribution in [0.3, 0.4) is 0 Å². The largest absolute Gasteiger partial charge is 0.488 e. The summed E-state index contributed by atoms with van der Waals surface area (Å²) in [7, 11) is 0. The zero-order chi connectivity index (χ0) is 37.2. The number of amides is 1. The molecule has 0 saturated carbocycles. The number of fused-ring (bicyclic) bond motifs is 1. The molecule has 0 saturated heterocycles. The van der Waals surface area contributed by atoms with Crippen LogP contribution >= 0.6 is 0 Å². The number of nitriles is 1. The molecule has 1 amide bonds. The van der Waals surface area contributed by atoms with Gasteiger partial charge in [-0.15, -0.1) is 0 Å². The van der Waals surface area contributed by atoms with Crippen molar-refractivity contribution in [3.63, 3.8) is 0 Å². The average Bonchev–Trinajstić information content (AvgIpc) is 3.05. The fraction of sp³-hybridized carbons (Fsp3) is 0.424. The highest BCUT2D eigenvalue weighted by Gasteiger charge is 2.48. The second kappa shape index (κ2) is 14.1. The molecule has 0 fully saturated rings. The predicted octanol–water partition coefficient (Wildman–Crippen LogP) is 6.00. The van der Waals surface area contributed by atoms with Gasteiger partial charge in [0.05, 0.1) is 52.4 Å². The lowest BCUT2D eigenvalue weighted by atomic mass is 9.80. The van der Waals surface area contributed by atoms with Crippen LogP contribution < -0.4 is 15.4 Å². The number of carboxylic acid groups (broad SMARTS) is 1. The zero-order valence-electron chi connectivity index (χ0n) is 27.0. The van der Waals surface area contributed by atoms with Crippen molar-refractivity contribution in [3.05, 3.63) is 81.9 Å². The molecule has 268 valence electrons. The summed E-state index contributed by atoms with van der Waals surface area (Å²) in [6.45, 7) is 2.98. The van der Waals surface area contributed by atoms with E-state index in [1.165, 1.54) is 19.9 Å². The van der Waals surface area contributed by atoms with Crippen LogP contribution in [0.5, 0.6) is 5.75 Å². The standard InChI is InChI=1S/C33H33F6N5O6/c1-4-31(41)14-23(22-13-20(32(34,35)36)5-6-25(22)44(31)29(48)50-17-30(2,3)28(46)47)27-42-16-26(49-8-7-45)24(43-27)12-18-9-19(15-40)11-21(10-18)33(37,38)39/h5-6,9-11,13,16,23,45H,4,7-8,12,14,17,41H2,1-3H3,(H,46,47)/t23-,31+/m0/s1. The Morgan fingerprint density at radius 1 is 1.10 bits per heavy atom. The molecule has 11 nitrogen and oxygen atoms in total. The number of carbonyl (C=O) groups excluding carboxylic acids is 1. The Balaban J connectivity index is 1.88. The first-order chi connectivity index (χ1) is 23.2. The van der Waals surface area contributed by atoms with Crippen LogP contribution in [0, 0.1) is 16.7 Å². The smallest absolute Gasteiger partial charge is 0.416 e. The van der Waals surface area contributed by atoms with Gasteiger partial charge >= 0.3 is 24.4 Å². The number of aliphatic hydroxyl groups is 1. The maximum atomic E-state index is 14.0. The van der Waals surface area contributed by atoms with E-state index in [1.807, 2.05) is 0 Å². The molecule has 4 N–H and O–H groups in total.